The van der Waals surface area contributed by atoms with Crippen molar-refractivity contribution in [2.24, 2.45) is 0 Å². The molecule has 0 aliphatic rings. The molecule has 86 valence electrons. The molecule has 1 aromatic carbocycles. The van der Waals surface area contributed by atoms with Gasteiger partial charge in [0, 0.05) is 0 Å². The lowest BCUT2D eigenvalue weighted by Gasteiger charge is -2.04. The van der Waals surface area contributed by atoms with Crippen molar-refractivity contribution in [1.29, 1.82) is 0 Å². The largest absolute Gasteiger partial charge is 0.369 e. The summed E-state index contributed by atoms with van der Waals surface area (Å²) < 4.78 is 25.1. The van der Waals surface area contributed by atoms with Crippen LogP contribution in [0.5, 0.6) is 0 Å². The third-order valence-corrected chi connectivity index (χ3v) is 3.46. The second-order valence-corrected chi connectivity index (χ2v) is 5.37. The molecule has 1 aromatic heterocycles. The highest BCUT2D eigenvalue weighted by molar-refractivity contribution is 7.92. The summed E-state index contributed by atoms with van der Waals surface area (Å²) in [5, 5.41) is 0. The number of nitrogens with two attached hydrogens (primary N) is 1. The second-order valence-electron chi connectivity index (χ2n) is 3.36. The van der Waals surface area contributed by atoms with Crippen LogP contribution < -0.4 is 10.5 Å². The van der Waals surface area contributed by atoms with Crippen LogP contribution in [0.1, 0.15) is 6.92 Å². The van der Waals surface area contributed by atoms with Gasteiger partial charge in [0.2, 0.25) is 10.0 Å². The lowest BCUT2D eigenvalue weighted by molar-refractivity contribution is 0.602. The molecule has 16 heavy (non-hydrogen) atoms. The van der Waals surface area contributed by atoms with E-state index in [9.17, 15) is 8.42 Å². The molecule has 0 unspecified atom stereocenters. The lowest BCUT2D eigenvalue weighted by atomic mass is 10.3. The maximum Gasteiger partial charge on any atom is 0.232 e. The Bertz CT molecular complexity index is 617. The Balaban J connectivity index is 2.40. The van der Waals surface area contributed by atoms with Crippen LogP contribution in [0.3, 0.4) is 0 Å². The van der Waals surface area contributed by atoms with Crippen LogP contribution in [0.4, 0.5) is 11.6 Å². The minimum atomic E-state index is -3.25. The van der Waals surface area contributed by atoms with Gasteiger partial charge in [-0.3, -0.25) is 4.72 Å². The lowest BCUT2D eigenvalue weighted by Crippen LogP contribution is -2.14. The molecule has 0 radical (unpaired) electrons. The topological polar surface area (TPSA) is 101 Å². The Kier molecular flexibility index (Phi) is 2.47. The van der Waals surface area contributed by atoms with Gasteiger partial charge in [-0.2, -0.15) is 0 Å². The Labute approximate surface area is 92.9 Å². The number of aromatic amines is 1. The zero-order valence-corrected chi connectivity index (χ0v) is 9.50. The van der Waals surface area contributed by atoms with E-state index < -0.39 is 10.0 Å². The van der Waals surface area contributed by atoms with Gasteiger partial charge in [0.15, 0.2) is 5.95 Å². The Morgan fingerprint density at radius 1 is 1.50 bits per heavy atom. The zero-order valence-electron chi connectivity index (χ0n) is 8.69. The van der Waals surface area contributed by atoms with Gasteiger partial charge in [0.1, 0.15) is 0 Å². The van der Waals surface area contributed by atoms with Gasteiger partial charge < -0.3 is 10.7 Å². The molecule has 0 aliphatic heterocycles. The van der Waals surface area contributed by atoms with E-state index in [1.165, 1.54) is 0 Å². The number of imidazole rings is 1. The summed E-state index contributed by atoms with van der Waals surface area (Å²) in [6.45, 7) is 1.58. The van der Waals surface area contributed by atoms with E-state index in [0.717, 1.165) is 0 Å². The molecule has 2 rings (SSSR count). The third kappa shape index (κ3) is 2.08. The predicted octanol–water partition coefficient (Wildman–Crippen LogP) is 0.907. The maximum absolute atomic E-state index is 11.3. The van der Waals surface area contributed by atoms with E-state index in [1.54, 1.807) is 25.1 Å². The molecule has 0 saturated carbocycles. The standard InChI is InChI=1S/C9H12N4O2S/c1-2-16(14,15)13-6-3-4-7-8(5-6)12-9(10)11-7/h3-5,13H,2H2,1H3,(H3,10,11,12). The molecule has 0 amide bonds. The summed E-state index contributed by atoms with van der Waals surface area (Å²) in [5.41, 5.74) is 7.39. The van der Waals surface area contributed by atoms with Crippen LogP contribution in [-0.4, -0.2) is 24.1 Å². The molecule has 0 fully saturated rings. The van der Waals surface area contributed by atoms with Crippen molar-refractivity contribution in [2.45, 2.75) is 6.92 Å². The number of benzene rings is 1. The number of hydrogen-bond donors (Lipinski definition) is 3. The van der Waals surface area contributed by atoms with Gasteiger partial charge in [-0.1, -0.05) is 0 Å². The molecule has 6 nitrogen and oxygen atoms in total. The monoisotopic (exact) mass is 240 g/mol. The number of nitrogens with zero attached hydrogens (tertiary/aromatic N) is 1. The minimum absolute atomic E-state index is 0.0378. The van der Waals surface area contributed by atoms with Crippen molar-refractivity contribution in [3.63, 3.8) is 0 Å². The number of sulfonamides is 1. The van der Waals surface area contributed by atoms with Gasteiger partial charge in [-0.05, 0) is 25.1 Å². The molecule has 2 aromatic rings. The van der Waals surface area contributed by atoms with Gasteiger partial charge in [-0.25, -0.2) is 13.4 Å². The number of hydrogen-bond acceptors (Lipinski definition) is 4. The molecule has 7 heteroatoms. The number of aromatic nitrogens is 2. The normalized spacial score (nSPS) is 11.8. The summed E-state index contributed by atoms with van der Waals surface area (Å²) in [6.07, 6.45) is 0. The number of fused-ring (bicyclic) bond motifs is 1. The number of nitrogens with one attached hydrogen (secondary N) is 2. The van der Waals surface area contributed by atoms with Gasteiger partial charge >= 0.3 is 0 Å². The fourth-order valence-corrected chi connectivity index (χ4v) is 1.97. The maximum atomic E-state index is 11.3. The van der Waals surface area contributed by atoms with Gasteiger partial charge in [0.05, 0.1) is 22.5 Å². The SMILES string of the molecule is CCS(=O)(=O)Nc1ccc2nc(N)[nH]c2c1. The predicted molar refractivity (Wildman–Crippen MR) is 63.6 cm³/mol. The Morgan fingerprint density at radius 3 is 2.94 bits per heavy atom. The van der Waals surface area contributed by atoms with E-state index >= 15 is 0 Å². The average molecular weight is 240 g/mol. The van der Waals surface area contributed by atoms with Crippen molar-refractivity contribution in [1.82, 2.24) is 9.97 Å². The van der Waals surface area contributed by atoms with E-state index in [2.05, 4.69) is 14.7 Å². The number of nitrogen functional groups attached to an aromatic ring is 1. The molecule has 1 heterocycles. The van der Waals surface area contributed by atoms with E-state index in [0.29, 0.717) is 22.7 Å². The molecular weight excluding hydrogens is 228 g/mol. The third-order valence-electron chi connectivity index (χ3n) is 2.15. The first-order valence-electron chi connectivity index (χ1n) is 4.76. The van der Waals surface area contributed by atoms with E-state index in [4.69, 9.17) is 5.73 Å². The summed E-state index contributed by atoms with van der Waals surface area (Å²) >= 11 is 0. The molecule has 0 aliphatic carbocycles. The first-order chi connectivity index (χ1) is 7.50. The van der Waals surface area contributed by atoms with Crippen molar-refractivity contribution < 1.29 is 8.42 Å². The molecule has 0 atom stereocenters. The highest BCUT2D eigenvalue weighted by Gasteiger charge is 2.08. The van der Waals surface area contributed by atoms with E-state index in [-0.39, 0.29) is 5.75 Å². The van der Waals surface area contributed by atoms with Crippen LogP contribution >= 0.6 is 0 Å². The van der Waals surface area contributed by atoms with Crippen LogP contribution in [0.2, 0.25) is 0 Å². The zero-order chi connectivity index (χ0) is 11.8. The minimum Gasteiger partial charge on any atom is -0.369 e. The highest BCUT2D eigenvalue weighted by atomic mass is 32.2. The fraction of sp³-hybridized carbons (Fsp3) is 0.222. The highest BCUT2D eigenvalue weighted by Crippen LogP contribution is 2.18. The average Bonchev–Trinajstić information content (AvgIpc) is 2.57. The quantitative estimate of drug-likeness (QED) is 0.742. The molecule has 4 N–H and O–H groups in total. The van der Waals surface area contributed by atoms with Gasteiger partial charge in [-0.15, -0.1) is 0 Å². The first-order valence-corrected chi connectivity index (χ1v) is 6.41. The second kappa shape index (κ2) is 3.67. The van der Waals surface area contributed by atoms with Crippen LogP contribution in [-0.2, 0) is 10.0 Å². The van der Waals surface area contributed by atoms with Crippen molar-refractivity contribution >= 4 is 32.7 Å². The summed E-state index contributed by atoms with van der Waals surface area (Å²) in [5.74, 6) is 0.348. The Morgan fingerprint density at radius 2 is 2.25 bits per heavy atom. The van der Waals surface area contributed by atoms with Crippen molar-refractivity contribution in [3.8, 4) is 0 Å². The van der Waals surface area contributed by atoms with Crippen molar-refractivity contribution in [3.05, 3.63) is 18.2 Å². The number of anilines is 2. The summed E-state index contributed by atoms with van der Waals surface area (Å²) in [7, 11) is -3.25. The van der Waals surface area contributed by atoms with Crippen molar-refractivity contribution in [2.75, 3.05) is 16.2 Å². The summed E-state index contributed by atoms with van der Waals surface area (Å²) in [6, 6.07) is 5.01. The molecule has 0 saturated heterocycles. The molecular formula is C9H12N4O2S. The molecule has 0 bridgehead atoms. The van der Waals surface area contributed by atoms with Gasteiger partial charge in [0.25, 0.3) is 0 Å². The smallest absolute Gasteiger partial charge is 0.232 e. The number of H-pyrrole nitrogens is 1. The Hall–Kier alpha value is -1.76. The van der Waals surface area contributed by atoms with Crippen LogP contribution in [0.15, 0.2) is 18.2 Å². The summed E-state index contributed by atoms with van der Waals surface area (Å²) in [4.78, 5) is 6.85. The van der Waals surface area contributed by atoms with Crippen LogP contribution in [0, 0.1) is 0 Å². The molecule has 0 spiro atoms. The first kappa shape index (κ1) is 10.7. The number of rotatable bonds is 3. The van der Waals surface area contributed by atoms with E-state index in [1.807, 2.05) is 0 Å². The van der Waals surface area contributed by atoms with Crippen LogP contribution in [0.25, 0.3) is 11.0 Å². The fourth-order valence-electron chi connectivity index (χ4n) is 1.34.